The highest BCUT2D eigenvalue weighted by atomic mass is 79.9. The number of aromatic nitrogens is 2. The van der Waals surface area contributed by atoms with Crippen molar-refractivity contribution in [3.8, 4) is 0 Å². The molecule has 0 aromatic carbocycles. The second-order valence-corrected chi connectivity index (χ2v) is 14.3. The third kappa shape index (κ3) is 4.80. The third-order valence-electron chi connectivity index (χ3n) is 4.50. The lowest BCUT2D eigenvalue weighted by atomic mass is 10.1. The number of carboxylic acids is 1. The minimum absolute atomic E-state index is 0.138. The first-order chi connectivity index (χ1) is 12.6. The average Bonchev–Trinajstić information content (AvgIpc) is 2.86. The second-order valence-electron chi connectivity index (χ2n) is 7.82. The average molecular weight is 455 g/mol. The topological polar surface area (TPSA) is 73.5 Å². The highest BCUT2D eigenvalue weighted by molar-refractivity contribution is 9.10. The molecule has 0 spiro atoms. The molecule has 0 aliphatic heterocycles. The minimum Gasteiger partial charge on any atom is -0.478 e. The molecule has 0 amide bonds. The van der Waals surface area contributed by atoms with Gasteiger partial charge in [-0.1, -0.05) is 25.7 Å². The number of ether oxygens (including phenoxy) is 1. The maximum atomic E-state index is 13.0. The Labute approximate surface area is 168 Å². The van der Waals surface area contributed by atoms with Gasteiger partial charge in [0, 0.05) is 43.0 Å². The quantitative estimate of drug-likeness (QED) is 0.344. The van der Waals surface area contributed by atoms with Crippen molar-refractivity contribution in [1.82, 2.24) is 9.13 Å². The molecule has 0 aliphatic rings. The molecule has 0 radical (unpaired) electrons. The van der Waals surface area contributed by atoms with Gasteiger partial charge in [-0.3, -0.25) is 4.79 Å². The maximum absolute atomic E-state index is 13.0. The van der Waals surface area contributed by atoms with Crippen LogP contribution in [-0.2, 0) is 18.0 Å². The standard InChI is InChI=1S/C19H27BrN2O4Si/c1-6-7-8-21-11-14(20)16-15(19(24)25)13(2)22(17(16)18(21)23)12-26-9-10-27(3,4)5/h6,11H,1,7-10,12H2,2-5H3,(H,24,25). The lowest BCUT2D eigenvalue weighted by molar-refractivity contribution is 0.0694. The molecule has 0 fully saturated rings. The molecular weight excluding hydrogens is 428 g/mol. The number of pyridine rings is 1. The predicted octanol–water partition coefficient (Wildman–Crippen LogP) is 4.46. The first-order valence-corrected chi connectivity index (χ1v) is 13.4. The van der Waals surface area contributed by atoms with Crippen molar-refractivity contribution in [2.75, 3.05) is 6.61 Å². The molecule has 8 heteroatoms. The number of hydrogen-bond donors (Lipinski definition) is 1. The highest BCUT2D eigenvalue weighted by Gasteiger charge is 2.25. The Morgan fingerprint density at radius 2 is 2.07 bits per heavy atom. The number of nitrogens with zero attached hydrogens (tertiary/aromatic N) is 2. The fraction of sp³-hybridized carbons (Fsp3) is 0.474. The molecule has 6 nitrogen and oxygen atoms in total. The van der Waals surface area contributed by atoms with Crippen LogP contribution in [-0.4, -0.2) is 34.9 Å². The Morgan fingerprint density at radius 3 is 2.63 bits per heavy atom. The summed E-state index contributed by atoms with van der Waals surface area (Å²) in [6, 6.07) is 1.00. The summed E-state index contributed by atoms with van der Waals surface area (Å²) in [5, 5.41) is 10.1. The first kappa shape index (κ1) is 21.7. The van der Waals surface area contributed by atoms with Crippen molar-refractivity contribution >= 4 is 40.9 Å². The molecule has 0 unspecified atom stereocenters. The van der Waals surface area contributed by atoms with Crippen molar-refractivity contribution in [2.45, 2.75) is 52.3 Å². The molecule has 0 saturated heterocycles. The van der Waals surface area contributed by atoms with E-state index in [1.165, 1.54) is 0 Å². The van der Waals surface area contributed by atoms with Crippen molar-refractivity contribution in [3.05, 3.63) is 44.9 Å². The summed E-state index contributed by atoms with van der Waals surface area (Å²) in [4.78, 5) is 24.9. The molecular formula is C19H27BrN2O4Si. The fourth-order valence-corrected chi connectivity index (χ4v) is 4.33. The van der Waals surface area contributed by atoms with Gasteiger partial charge < -0.3 is 19.0 Å². The van der Waals surface area contributed by atoms with E-state index in [4.69, 9.17) is 4.74 Å². The molecule has 148 valence electrons. The second kappa shape index (κ2) is 8.58. The van der Waals surface area contributed by atoms with Gasteiger partial charge in [-0.05, 0) is 35.3 Å². The van der Waals surface area contributed by atoms with E-state index in [2.05, 4.69) is 42.1 Å². The summed E-state index contributed by atoms with van der Waals surface area (Å²) in [6.07, 6.45) is 4.05. The molecule has 0 aliphatic carbocycles. The van der Waals surface area contributed by atoms with Crippen molar-refractivity contribution in [3.63, 3.8) is 0 Å². The van der Waals surface area contributed by atoms with Crippen molar-refractivity contribution < 1.29 is 14.6 Å². The normalized spacial score (nSPS) is 11.9. The van der Waals surface area contributed by atoms with E-state index >= 15 is 0 Å². The van der Waals surface area contributed by atoms with Crippen LogP contribution in [0.15, 0.2) is 28.1 Å². The Morgan fingerprint density at radius 1 is 1.41 bits per heavy atom. The zero-order valence-corrected chi connectivity index (χ0v) is 18.9. The SMILES string of the molecule is C=CCCn1cc(Br)c2c(C(=O)O)c(C)n(COCC[Si](C)(C)C)c2c1=O. The molecule has 2 aromatic heterocycles. The van der Waals surface area contributed by atoms with Gasteiger partial charge in [0.15, 0.2) is 0 Å². The van der Waals surface area contributed by atoms with Crippen LogP contribution < -0.4 is 5.56 Å². The molecule has 2 rings (SSSR count). The highest BCUT2D eigenvalue weighted by Crippen LogP contribution is 2.30. The van der Waals surface area contributed by atoms with Crippen LogP contribution in [0.4, 0.5) is 0 Å². The lowest BCUT2D eigenvalue weighted by Crippen LogP contribution is -2.24. The van der Waals surface area contributed by atoms with Crippen LogP contribution in [0, 0.1) is 6.92 Å². The number of carbonyl (C=O) groups is 1. The number of halogens is 1. The summed E-state index contributed by atoms with van der Waals surface area (Å²) in [7, 11) is -1.23. The van der Waals surface area contributed by atoms with E-state index in [9.17, 15) is 14.7 Å². The van der Waals surface area contributed by atoms with Crippen LogP contribution in [0.3, 0.4) is 0 Å². The van der Waals surface area contributed by atoms with Gasteiger partial charge in [-0.15, -0.1) is 6.58 Å². The third-order valence-corrected chi connectivity index (χ3v) is 6.81. The Kier molecular flexibility index (Phi) is 6.88. The zero-order chi connectivity index (χ0) is 20.4. The van der Waals surface area contributed by atoms with Gasteiger partial charge >= 0.3 is 5.97 Å². The number of aryl methyl sites for hydroxylation is 1. The van der Waals surface area contributed by atoms with Gasteiger partial charge in [-0.25, -0.2) is 4.79 Å². The minimum atomic E-state index is -1.23. The van der Waals surface area contributed by atoms with Crippen LogP contribution in [0.5, 0.6) is 0 Å². The maximum Gasteiger partial charge on any atom is 0.338 e. The van der Waals surface area contributed by atoms with E-state index in [1.807, 2.05) is 0 Å². The molecule has 27 heavy (non-hydrogen) atoms. The summed E-state index contributed by atoms with van der Waals surface area (Å²) in [6.45, 7) is 13.5. The van der Waals surface area contributed by atoms with Gasteiger partial charge in [0.25, 0.3) is 5.56 Å². The lowest BCUT2D eigenvalue weighted by Gasteiger charge is -2.16. The largest absolute Gasteiger partial charge is 0.478 e. The van der Waals surface area contributed by atoms with Crippen LogP contribution >= 0.6 is 15.9 Å². The molecule has 1 N–H and O–H groups in total. The van der Waals surface area contributed by atoms with E-state index in [1.54, 1.807) is 28.3 Å². The monoisotopic (exact) mass is 454 g/mol. The smallest absolute Gasteiger partial charge is 0.338 e. The molecule has 2 heterocycles. The Bertz CT molecular complexity index is 925. The Hall–Kier alpha value is -1.64. The van der Waals surface area contributed by atoms with E-state index in [0.717, 1.165) is 6.04 Å². The summed E-state index contributed by atoms with van der Waals surface area (Å²) in [5.41, 5.74) is 0.791. The zero-order valence-electron chi connectivity index (χ0n) is 16.3. The number of hydrogen-bond acceptors (Lipinski definition) is 3. The Balaban J connectivity index is 2.55. The van der Waals surface area contributed by atoms with E-state index in [0.29, 0.717) is 40.6 Å². The first-order valence-electron chi connectivity index (χ1n) is 8.92. The summed E-state index contributed by atoms with van der Waals surface area (Å²) < 4.78 is 9.67. The van der Waals surface area contributed by atoms with Gasteiger partial charge in [-0.2, -0.15) is 0 Å². The number of fused-ring (bicyclic) bond motifs is 1. The van der Waals surface area contributed by atoms with Gasteiger partial charge in [0.2, 0.25) is 0 Å². The number of rotatable bonds is 9. The molecule has 0 atom stereocenters. The van der Waals surface area contributed by atoms with E-state index in [-0.39, 0.29) is 17.9 Å². The van der Waals surface area contributed by atoms with Gasteiger partial charge in [0.1, 0.15) is 12.2 Å². The predicted molar refractivity (Wildman–Crippen MR) is 115 cm³/mol. The fourth-order valence-electron chi connectivity index (χ4n) is 2.94. The van der Waals surface area contributed by atoms with Crippen LogP contribution in [0.1, 0.15) is 22.5 Å². The molecule has 0 saturated carbocycles. The molecule has 2 aromatic rings. The molecule has 0 bridgehead atoms. The van der Waals surface area contributed by atoms with Crippen molar-refractivity contribution in [1.29, 1.82) is 0 Å². The van der Waals surface area contributed by atoms with Gasteiger partial charge in [0.05, 0.1) is 5.56 Å². The summed E-state index contributed by atoms with van der Waals surface area (Å²) in [5.74, 6) is -1.05. The number of carboxylic acid groups (broad SMARTS) is 1. The van der Waals surface area contributed by atoms with Crippen molar-refractivity contribution in [2.24, 2.45) is 0 Å². The summed E-state index contributed by atoms with van der Waals surface area (Å²) >= 11 is 3.45. The van der Waals surface area contributed by atoms with Crippen LogP contribution in [0.2, 0.25) is 25.7 Å². The van der Waals surface area contributed by atoms with E-state index < -0.39 is 14.0 Å². The number of allylic oxidation sites excluding steroid dienone is 1. The van der Waals surface area contributed by atoms with Crippen LogP contribution in [0.25, 0.3) is 10.9 Å². The number of aromatic carboxylic acids is 1.